The number of imide groups is 1. The first-order valence-electron chi connectivity index (χ1n) is 7.31. The molecular weight excluding hydrogens is 258 g/mol. The average Bonchev–Trinajstić information content (AvgIpc) is 3.13. The molecule has 1 aliphatic heterocycles. The number of amides is 3. The van der Waals surface area contributed by atoms with Crippen LogP contribution in [0.5, 0.6) is 0 Å². The molecule has 0 radical (unpaired) electrons. The van der Waals surface area contributed by atoms with Gasteiger partial charge in [-0.2, -0.15) is 0 Å². The Kier molecular flexibility index (Phi) is 4.13. The number of carbonyl (C=O) groups is 3. The van der Waals surface area contributed by atoms with Crippen LogP contribution in [-0.4, -0.2) is 41.2 Å². The van der Waals surface area contributed by atoms with Gasteiger partial charge < -0.3 is 11.1 Å². The fourth-order valence-electron chi connectivity index (χ4n) is 2.91. The van der Waals surface area contributed by atoms with E-state index in [1.807, 2.05) is 6.92 Å². The highest BCUT2D eigenvalue weighted by atomic mass is 16.2. The molecule has 0 aromatic heterocycles. The number of unbranched alkanes of at least 4 members (excludes halogenated alkanes) is 1. The Morgan fingerprint density at radius 2 is 1.95 bits per heavy atom. The lowest BCUT2D eigenvalue weighted by Gasteiger charge is -2.27. The predicted molar refractivity (Wildman–Crippen MR) is 73.4 cm³/mol. The highest BCUT2D eigenvalue weighted by Gasteiger charge is 2.58. The van der Waals surface area contributed by atoms with Gasteiger partial charge in [-0.25, -0.2) is 0 Å². The fourth-order valence-corrected chi connectivity index (χ4v) is 2.91. The number of nitrogens with one attached hydrogen (secondary N) is 1. The van der Waals surface area contributed by atoms with Gasteiger partial charge in [0.15, 0.2) is 0 Å². The Balaban J connectivity index is 1.75. The number of nitrogens with zero attached hydrogens (tertiary/aromatic N) is 1. The van der Waals surface area contributed by atoms with Crippen LogP contribution < -0.4 is 11.1 Å². The van der Waals surface area contributed by atoms with Crippen molar-refractivity contribution in [3.8, 4) is 0 Å². The molecule has 2 rings (SSSR count). The van der Waals surface area contributed by atoms with Gasteiger partial charge in [0.25, 0.3) is 0 Å². The van der Waals surface area contributed by atoms with E-state index in [9.17, 15) is 14.4 Å². The van der Waals surface area contributed by atoms with Crippen LogP contribution in [-0.2, 0) is 14.4 Å². The summed E-state index contributed by atoms with van der Waals surface area (Å²) in [5.74, 6) is -0.442. The minimum absolute atomic E-state index is 0.00986. The number of carbonyl (C=O) groups excluding carboxylic acids is 3. The third-order valence-corrected chi connectivity index (χ3v) is 4.38. The summed E-state index contributed by atoms with van der Waals surface area (Å²) in [5, 5.41) is 3.10. The van der Waals surface area contributed by atoms with E-state index in [-0.39, 0.29) is 29.6 Å². The molecule has 1 heterocycles. The maximum Gasteiger partial charge on any atom is 0.237 e. The number of piperidine rings is 1. The van der Waals surface area contributed by atoms with E-state index in [1.54, 1.807) is 6.92 Å². The molecule has 6 nitrogen and oxygen atoms in total. The maximum atomic E-state index is 11.8. The van der Waals surface area contributed by atoms with Crippen LogP contribution in [0.1, 0.15) is 39.5 Å². The van der Waals surface area contributed by atoms with Crippen LogP contribution in [0.2, 0.25) is 0 Å². The topological polar surface area (TPSA) is 92.5 Å². The quantitative estimate of drug-likeness (QED) is 0.484. The van der Waals surface area contributed by atoms with Crippen molar-refractivity contribution in [3.05, 3.63) is 0 Å². The third kappa shape index (κ3) is 2.70. The number of likely N-dealkylation sites (N-methyl/N-ethyl adjacent to an activating group) is 1. The van der Waals surface area contributed by atoms with E-state index in [0.29, 0.717) is 25.9 Å². The van der Waals surface area contributed by atoms with E-state index >= 15 is 0 Å². The van der Waals surface area contributed by atoms with Crippen LogP contribution in [0.15, 0.2) is 0 Å². The van der Waals surface area contributed by atoms with Gasteiger partial charge in [-0.1, -0.05) is 6.92 Å². The third-order valence-electron chi connectivity index (χ3n) is 4.38. The molecule has 0 spiro atoms. The van der Waals surface area contributed by atoms with Crippen molar-refractivity contribution in [1.82, 2.24) is 10.2 Å². The van der Waals surface area contributed by atoms with Gasteiger partial charge in [-0.3, -0.25) is 19.3 Å². The van der Waals surface area contributed by atoms with Crippen LogP contribution in [0.3, 0.4) is 0 Å². The second-order valence-corrected chi connectivity index (χ2v) is 5.96. The number of nitrogens with two attached hydrogens (primary N) is 1. The van der Waals surface area contributed by atoms with Crippen LogP contribution in [0, 0.1) is 11.8 Å². The maximum absolute atomic E-state index is 11.8. The second kappa shape index (κ2) is 5.52. The van der Waals surface area contributed by atoms with E-state index < -0.39 is 5.54 Å². The minimum Gasteiger partial charge on any atom is -0.368 e. The number of hydrogen-bond donors (Lipinski definition) is 2. The summed E-state index contributed by atoms with van der Waals surface area (Å²) in [6, 6.07) is 0. The molecule has 6 heteroatoms. The second-order valence-electron chi connectivity index (χ2n) is 5.96. The first-order chi connectivity index (χ1) is 9.40. The van der Waals surface area contributed by atoms with Gasteiger partial charge in [0.1, 0.15) is 0 Å². The molecule has 1 saturated carbocycles. The van der Waals surface area contributed by atoms with Crippen molar-refractivity contribution < 1.29 is 14.4 Å². The van der Waals surface area contributed by atoms with E-state index in [4.69, 9.17) is 5.73 Å². The van der Waals surface area contributed by atoms with Crippen LogP contribution >= 0.6 is 0 Å². The molecule has 3 unspecified atom stereocenters. The van der Waals surface area contributed by atoms with Crippen molar-refractivity contribution in [2.24, 2.45) is 17.6 Å². The summed E-state index contributed by atoms with van der Waals surface area (Å²) in [5.41, 5.74) is 4.70. The lowest BCUT2D eigenvalue weighted by molar-refractivity contribution is -0.141. The van der Waals surface area contributed by atoms with Crippen molar-refractivity contribution in [2.75, 3.05) is 13.1 Å². The number of hydrogen-bond acceptors (Lipinski definition) is 4. The number of fused-ring (bicyclic) bond motifs is 1. The highest BCUT2D eigenvalue weighted by Crippen LogP contribution is 2.46. The zero-order valence-electron chi connectivity index (χ0n) is 12.1. The Labute approximate surface area is 119 Å². The number of rotatable bonds is 8. The van der Waals surface area contributed by atoms with Crippen molar-refractivity contribution in [1.29, 1.82) is 0 Å². The van der Waals surface area contributed by atoms with Gasteiger partial charge in [0.2, 0.25) is 17.7 Å². The monoisotopic (exact) mass is 281 g/mol. The molecule has 3 atom stereocenters. The normalized spacial score (nSPS) is 27.4. The summed E-state index contributed by atoms with van der Waals surface area (Å²) in [4.78, 5) is 36.4. The van der Waals surface area contributed by atoms with Gasteiger partial charge >= 0.3 is 0 Å². The van der Waals surface area contributed by atoms with Crippen LogP contribution in [0.4, 0.5) is 0 Å². The molecule has 20 heavy (non-hydrogen) atoms. The first-order valence-corrected chi connectivity index (χ1v) is 7.31. The fraction of sp³-hybridized carbons (Fsp3) is 0.786. The molecule has 1 aliphatic carbocycles. The van der Waals surface area contributed by atoms with Crippen molar-refractivity contribution in [3.63, 3.8) is 0 Å². The summed E-state index contributed by atoms with van der Waals surface area (Å²) in [6.07, 6.45) is 2.82. The molecule has 112 valence electrons. The summed E-state index contributed by atoms with van der Waals surface area (Å²) < 4.78 is 0. The number of likely N-dealkylation sites (tertiary alicyclic amines) is 1. The van der Waals surface area contributed by atoms with Crippen LogP contribution in [0.25, 0.3) is 0 Å². The SMILES string of the molecule is CCNC(C)(CCCCN1C(=O)C2CC2C1=O)C(N)=O. The molecule has 0 bridgehead atoms. The summed E-state index contributed by atoms with van der Waals surface area (Å²) in [7, 11) is 0. The largest absolute Gasteiger partial charge is 0.368 e. The van der Waals surface area contributed by atoms with E-state index in [2.05, 4.69) is 5.32 Å². The van der Waals surface area contributed by atoms with Gasteiger partial charge in [-0.05, 0) is 39.2 Å². The van der Waals surface area contributed by atoms with Crippen molar-refractivity contribution in [2.45, 2.75) is 45.1 Å². The standard InChI is InChI=1S/C14H23N3O3/c1-3-16-14(2,13(15)20)6-4-5-7-17-11(18)9-8-10(9)12(17)19/h9-10,16H,3-8H2,1-2H3,(H2,15,20). The Bertz CT molecular complexity index is 417. The molecule has 2 fully saturated rings. The Morgan fingerprint density at radius 1 is 1.35 bits per heavy atom. The highest BCUT2D eigenvalue weighted by molar-refractivity contribution is 6.08. The Morgan fingerprint density at radius 3 is 2.45 bits per heavy atom. The van der Waals surface area contributed by atoms with Gasteiger partial charge in [0.05, 0.1) is 17.4 Å². The first kappa shape index (κ1) is 15.0. The van der Waals surface area contributed by atoms with E-state index in [1.165, 1.54) is 4.90 Å². The molecule has 3 amide bonds. The minimum atomic E-state index is -0.712. The van der Waals surface area contributed by atoms with Crippen molar-refractivity contribution >= 4 is 17.7 Å². The molecule has 0 aromatic carbocycles. The zero-order valence-corrected chi connectivity index (χ0v) is 12.1. The predicted octanol–water partition coefficient (Wildman–Crippen LogP) is 0.0151. The molecule has 2 aliphatic rings. The zero-order chi connectivity index (χ0) is 14.9. The molecule has 3 N–H and O–H groups in total. The van der Waals surface area contributed by atoms with Gasteiger partial charge in [0, 0.05) is 6.54 Å². The lowest BCUT2D eigenvalue weighted by atomic mass is 9.94. The Hall–Kier alpha value is -1.43. The molecule has 0 aromatic rings. The average molecular weight is 281 g/mol. The van der Waals surface area contributed by atoms with Gasteiger partial charge in [-0.15, -0.1) is 0 Å². The smallest absolute Gasteiger partial charge is 0.237 e. The molecule has 1 saturated heterocycles. The number of primary amides is 1. The summed E-state index contributed by atoms with van der Waals surface area (Å²) >= 11 is 0. The molecular formula is C14H23N3O3. The lowest BCUT2D eigenvalue weighted by Crippen LogP contribution is -2.53. The summed E-state index contributed by atoms with van der Waals surface area (Å²) in [6.45, 7) is 4.85. The van der Waals surface area contributed by atoms with E-state index in [0.717, 1.165) is 12.8 Å².